The van der Waals surface area contributed by atoms with Crippen LogP contribution >= 0.6 is 11.6 Å². The summed E-state index contributed by atoms with van der Waals surface area (Å²) >= 11 is 5.65. The molecule has 1 rings (SSSR count). The van der Waals surface area contributed by atoms with Gasteiger partial charge in [0.25, 0.3) is 5.69 Å². The number of rotatable bonds is 3. The standard InChI is InChI=1S/C8H8ClNO4S/c1-2-15(13,14)8-4-3-6(10(11)12)5-7(8)9/h3-5H,2H2,1H3. The lowest BCUT2D eigenvalue weighted by atomic mass is 10.3. The third-order valence-corrected chi connectivity index (χ3v) is 4.05. The summed E-state index contributed by atoms with van der Waals surface area (Å²) in [5, 5.41) is 10.3. The molecule has 1 aromatic carbocycles. The maximum absolute atomic E-state index is 11.4. The summed E-state index contributed by atoms with van der Waals surface area (Å²) in [6, 6.07) is 3.30. The topological polar surface area (TPSA) is 77.3 Å². The van der Waals surface area contributed by atoms with Crippen LogP contribution in [0.5, 0.6) is 0 Å². The van der Waals surface area contributed by atoms with Gasteiger partial charge in [-0.3, -0.25) is 10.1 Å². The first-order chi connectivity index (χ1) is 6.88. The lowest BCUT2D eigenvalue weighted by Gasteiger charge is -2.03. The molecule has 0 bridgehead atoms. The van der Waals surface area contributed by atoms with Gasteiger partial charge >= 0.3 is 0 Å². The molecule has 15 heavy (non-hydrogen) atoms. The van der Waals surface area contributed by atoms with Crippen LogP contribution in [0.4, 0.5) is 5.69 Å². The molecule has 7 heteroatoms. The molecular weight excluding hydrogens is 242 g/mol. The normalized spacial score (nSPS) is 11.3. The van der Waals surface area contributed by atoms with Crippen molar-refractivity contribution < 1.29 is 13.3 Å². The molecule has 0 saturated heterocycles. The summed E-state index contributed by atoms with van der Waals surface area (Å²) in [5.74, 6) is -0.0927. The van der Waals surface area contributed by atoms with E-state index in [1.54, 1.807) is 0 Å². The maximum Gasteiger partial charge on any atom is 0.271 e. The van der Waals surface area contributed by atoms with Crippen LogP contribution in [0.15, 0.2) is 23.1 Å². The van der Waals surface area contributed by atoms with Crippen molar-refractivity contribution in [2.75, 3.05) is 5.75 Å². The van der Waals surface area contributed by atoms with Gasteiger partial charge in [-0.2, -0.15) is 0 Å². The highest BCUT2D eigenvalue weighted by Gasteiger charge is 2.18. The predicted octanol–water partition coefficient (Wildman–Crippen LogP) is 2.04. The largest absolute Gasteiger partial charge is 0.271 e. The van der Waals surface area contributed by atoms with E-state index in [-0.39, 0.29) is 21.4 Å². The molecule has 1 aromatic rings. The molecule has 0 amide bonds. The molecule has 0 heterocycles. The highest BCUT2D eigenvalue weighted by atomic mass is 35.5. The minimum absolute atomic E-state index is 0.0720. The molecule has 0 radical (unpaired) electrons. The minimum atomic E-state index is -3.43. The van der Waals surface area contributed by atoms with Gasteiger partial charge < -0.3 is 0 Å². The zero-order chi connectivity index (χ0) is 11.6. The van der Waals surface area contributed by atoms with E-state index in [1.807, 2.05) is 0 Å². The Hall–Kier alpha value is -1.14. The van der Waals surface area contributed by atoms with Crippen LogP contribution < -0.4 is 0 Å². The van der Waals surface area contributed by atoms with Crippen molar-refractivity contribution in [2.45, 2.75) is 11.8 Å². The Morgan fingerprint density at radius 3 is 2.47 bits per heavy atom. The summed E-state index contributed by atoms with van der Waals surface area (Å²) in [4.78, 5) is 9.68. The fraction of sp³-hybridized carbons (Fsp3) is 0.250. The predicted molar refractivity (Wildman–Crippen MR) is 55.8 cm³/mol. The van der Waals surface area contributed by atoms with Gasteiger partial charge in [0.05, 0.1) is 20.6 Å². The fourth-order valence-electron chi connectivity index (χ4n) is 1.01. The van der Waals surface area contributed by atoms with E-state index in [4.69, 9.17) is 11.6 Å². The first-order valence-corrected chi connectivity index (χ1v) is 6.08. The van der Waals surface area contributed by atoms with Crippen molar-refractivity contribution in [1.29, 1.82) is 0 Å². The molecule has 0 aliphatic carbocycles. The van der Waals surface area contributed by atoms with E-state index in [0.29, 0.717) is 0 Å². The van der Waals surface area contributed by atoms with E-state index >= 15 is 0 Å². The quantitative estimate of drug-likeness (QED) is 0.607. The van der Waals surface area contributed by atoms with Crippen LogP contribution in [0.1, 0.15) is 6.92 Å². The van der Waals surface area contributed by atoms with Gasteiger partial charge in [0.15, 0.2) is 9.84 Å². The average molecular weight is 250 g/mol. The van der Waals surface area contributed by atoms with Crippen LogP contribution in [-0.4, -0.2) is 19.1 Å². The third kappa shape index (κ3) is 2.45. The Labute approximate surface area is 91.7 Å². The number of benzene rings is 1. The Bertz CT molecular complexity index is 497. The van der Waals surface area contributed by atoms with E-state index < -0.39 is 14.8 Å². The van der Waals surface area contributed by atoms with Crippen LogP contribution in [0.25, 0.3) is 0 Å². The van der Waals surface area contributed by atoms with Gasteiger partial charge in [-0.25, -0.2) is 8.42 Å². The van der Waals surface area contributed by atoms with Gasteiger partial charge in [0.2, 0.25) is 0 Å². The number of nitro groups is 1. The molecular formula is C8H8ClNO4S. The zero-order valence-corrected chi connectivity index (χ0v) is 9.38. The second-order valence-corrected chi connectivity index (χ2v) is 5.43. The Morgan fingerprint density at radius 2 is 2.07 bits per heavy atom. The van der Waals surface area contributed by atoms with Crippen LogP contribution in [-0.2, 0) is 9.84 Å². The van der Waals surface area contributed by atoms with E-state index in [1.165, 1.54) is 6.92 Å². The number of sulfone groups is 1. The molecule has 82 valence electrons. The molecule has 0 atom stereocenters. The molecule has 0 spiro atoms. The lowest BCUT2D eigenvalue weighted by Crippen LogP contribution is -2.04. The first-order valence-electron chi connectivity index (χ1n) is 4.05. The van der Waals surface area contributed by atoms with Crippen molar-refractivity contribution in [1.82, 2.24) is 0 Å². The van der Waals surface area contributed by atoms with Gasteiger partial charge in [0, 0.05) is 12.1 Å². The van der Waals surface area contributed by atoms with Crippen molar-refractivity contribution in [3.8, 4) is 0 Å². The zero-order valence-electron chi connectivity index (χ0n) is 7.81. The van der Waals surface area contributed by atoms with Gasteiger partial charge in [-0.1, -0.05) is 18.5 Å². The number of non-ortho nitro benzene ring substituents is 1. The summed E-state index contributed by atoms with van der Waals surface area (Å²) in [6.07, 6.45) is 0. The molecule has 0 aliphatic heterocycles. The average Bonchev–Trinajstić information content (AvgIpc) is 2.17. The molecule has 5 nitrogen and oxygen atoms in total. The van der Waals surface area contributed by atoms with Crippen LogP contribution in [0, 0.1) is 10.1 Å². The summed E-state index contributed by atoms with van der Waals surface area (Å²) < 4.78 is 22.9. The molecule has 0 saturated carbocycles. The number of hydrogen-bond donors (Lipinski definition) is 0. The Kier molecular flexibility index (Phi) is 3.31. The molecule has 0 aliphatic rings. The van der Waals surface area contributed by atoms with E-state index in [9.17, 15) is 18.5 Å². The van der Waals surface area contributed by atoms with E-state index in [0.717, 1.165) is 18.2 Å². The number of halogens is 1. The number of nitro benzene ring substituents is 1. The first kappa shape index (κ1) is 11.9. The number of hydrogen-bond acceptors (Lipinski definition) is 4. The highest BCUT2D eigenvalue weighted by molar-refractivity contribution is 7.91. The van der Waals surface area contributed by atoms with Crippen LogP contribution in [0.3, 0.4) is 0 Å². The molecule has 0 unspecified atom stereocenters. The van der Waals surface area contributed by atoms with Crippen molar-refractivity contribution >= 4 is 27.1 Å². The second-order valence-electron chi connectivity index (χ2n) is 2.78. The summed E-state index contributed by atoms with van der Waals surface area (Å²) in [7, 11) is -3.43. The minimum Gasteiger partial charge on any atom is -0.258 e. The highest BCUT2D eigenvalue weighted by Crippen LogP contribution is 2.26. The molecule has 0 N–H and O–H groups in total. The fourth-order valence-corrected chi connectivity index (χ4v) is 2.48. The molecule has 0 aromatic heterocycles. The van der Waals surface area contributed by atoms with Crippen LogP contribution in [0.2, 0.25) is 5.02 Å². The van der Waals surface area contributed by atoms with Gasteiger partial charge in [-0.15, -0.1) is 0 Å². The summed E-state index contributed by atoms with van der Waals surface area (Å²) in [5.41, 5.74) is -0.227. The Morgan fingerprint density at radius 1 is 1.47 bits per heavy atom. The SMILES string of the molecule is CCS(=O)(=O)c1ccc([N+](=O)[O-])cc1Cl. The summed E-state index contributed by atoms with van der Waals surface area (Å²) in [6.45, 7) is 1.48. The van der Waals surface area contributed by atoms with Crippen molar-refractivity contribution in [3.63, 3.8) is 0 Å². The smallest absolute Gasteiger partial charge is 0.258 e. The molecule has 0 fully saturated rings. The Balaban J connectivity index is 3.32. The van der Waals surface area contributed by atoms with E-state index in [2.05, 4.69) is 0 Å². The van der Waals surface area contributed by atoms with Crippen molar-refractivity contribution in [2.24, 2.45) is 0 Å². The third-order valence-electron chi connectivity index (χ3n) is 1.84. The van der Waals surface area contributed by atoms with Gasteiger partial charge in [-0.05, 0) is 6.07 Å². The van der Waals surface area contributed by atoms with Gasteiger partial charge in [0.1, 0.15) is 0 Å². The lowest BCUT2D eigenvalue weighted by molar-refractivity contribution is -0.384. The monoisotopic (exact) mass is 249 g/mol. The number of nitrogens with zero attached hydrogens (tertiary/aromatic N) is 1. The van der Waals surface area contributed by atoms with Crippen molar-refractivity contribution in [3.05, 3.63) is 33.3 Å². The second kappa shape index (κ2) is 4.16. The maximum atomic E-state index is 11.4.